The molecule has 72 valence electrons. The smallest absolute Gasteiger partial charge is 0.0412 e. The van der Waals surface area contributed by atoms with Crippen molar-refractivity contribution in [3.05, 3.63) is 0 Å². The second-order valence-corrected chi connectivity index (χ2v) is 4.18. The molecule has 0 aromatic heterocycles. The van der Waals surface area contributed by atoms with Crippen molar-refractivity contribution >= 4 is 0 Å². The highest BCUT2D eigenvalue weighted by atomic mass is 14.3. The first-order valence-corrected chi connectivity index (χ1v) is 5.95. The minimum absolute atomic E-state index is 1.14. The Hall–Kier alpha value is 0. The lowest BCUT2D eigenvalue weighted by molar-refractivity contribution is 0.251. The number of hydrogen-bond acceptors (Lipinski definition) is 0. The summed E-state index contributed by atoms with van der Waals surface area (Å²) < 4.78 is 0. The largest absolute Gasteiger partial charge is 0.0683 e. The summed E-state index contributed by atoms with van der Waals surface area (Å²) in [5.41, 5.74) is 0. The summed E-state index contributed by atoms with van der Waals surface area (Å²) >= 11 is 0. The molecule has 0 aromatic carbocycles. The van der Waals surface area contributed by atoms with E-state index in [9.17, 15) is 0 Å². The molecule has 0 heterocycles. The van der Waals surface area contributed by atoms with Gasteiger partial charge in [0.1, 0.15) is 0 Å². The number of hydrogen-bond donors (Lipinski definition) is 0. The third kappa shape index (κ3) is 2.80. The molecule has 0 bridgehead atoms. The predicted octanol–water partition coefficient (Wildman–Crippen LogP) is 4.39. The van der Waals surface area contributed by atoms with Crippen LogP contribution in [0.3, 0.4) is 0 Å². The fourth-order valence-electron chi connectivity index (χ4n) is 2.45. The molecule has 12 heavy (non-hydrogen) atoms. The van der Waals surface area contributed by atoms with Gasteiger partial charge in [0.2, 0.25) is 0 Å². The molecule has 2 aliphatic carbocycles. The van der Waals surface area contributed by atoms with E-state index in [-0.39, 0.29) is 0 Å². The number of rotatable bonds is 2. The summed E-state index contributed by atoms with van der Waals surface area (Å²) in [6.07, 6.45) is 12.4. The molecule has 0 aliphatic heterocycles. The first-order valence-electron chi connectivity index (χ1n) is 5.95. The van der Waals surface area contributed by atoms with E-state index < -0.39 is 0 Å². The van der Waals surface area contributed by atoms with Gasteiger partial charge in [0.05, 0.1) is 0 Å². The molecule has 0 amide bonds. The highest BCUT2D eigenvalue weighted by Crippen LogP contribution is 2.37. The molecule has 0 atom stereocenters. The maximum atomic E-state index is 2.00. The van der Waals surface area contributed by atoms with Crippen molar-refractivity contribution in [2.24, 2.45) is 11.8 Å². The van der Waals surface area contributed by atoms with Crippen LogP contribution in [-0.2, 0) is 0 Å². The van der Waals surface area contributed by atoms with Crippen LogP contribution in [0.4, 0.5) is 0 Å². The Morgan fingerprint density at radius 2 is 1.17 bits per heavy atom. The van der Waals surface area contributed by atoms with E-state index in [0.717, 1.165) is 11.8 Å². The Kier molecular flexibility index (Phi) is 4.72. The van der Waals surface area contributed by atoms with Crippen molar-refractivity contribution in [3.8, 4) is 0 Å². The minimum Gasteiger partial charge on any atom is -0.0683 e. The van der Waals surface area contributed by atoms with E-state index in [1.807, 2.05) is 13.8 Å². The van der Waals surface area contributed by atoms with Crippen molar-refractivity contribution in [2.75, 3.05) is 0 Å². The van der Waals surface area contributed by atoms with Gasteiger partial charge in [-0.3, -0.25) is 0 Å². The molecule has 0 spiro atoms. The van der Waals surface area contributed by atoms with E-state index in [1.165, 1.54) is 19.3 Å². The van der Waals surface area contributed by atoms with E-state index in [2.05, 4.69) is 0 Å². The zero-order valence-electron chi connectivity index (χ0n) is 8.81. The van der Waals surface area contributed by atoms with Gasteiger partial charge < -0.3 is 0 Å². The van der Waals surface area contributed by atoms with Crippen LogP contribution in [0.25, 0.3) is 0 Å². The zero-order valence-corrected chi connectivity index (χ0v) is 8.81. The van der Waals surface area contributed by atoms with Crippen LogP contribution in [0, 0.1) is 11.8 Å². The molecule has 2 fully saturated rings. The Bertz CT molecular complexity index is 96.6. The topological polar surface area (TPSA) is 0 Å². The molecule has 0 heteroatoms. The lowest BCUT2D eigenvalue weighted by atomic mass is 9.78. The molecule has 2 saturated carbocycles. The van der Waals surface area contributed by atoms with E-state index >= 15 is 0 Å². The van der Waals surface area contributed by atoms with Crippen molar-refractivity contribution in [1.29, 1.82) is 0 Å². The third-order valence-corrected chi connectivity index (χ3v) is 3.37. The van der Waals surface area contributed by atoms with Crippen LogP contribution < -0.4 is 0 Å². The monoisotopic (exact) mass is 168 g/mol. The standard InChI is InChI=1S/C10H18.C2H6/c1-2-5-9(4-1)8-10-6-3-7-10;1-2/h9-10H,1-8H2;1-2H3. The highest BCUT2D eigenvalue weighted by molar-refractivity contribution is 4.76. The average Bonchev–Trinajstić information content (AvgIpc) is 2.53. The average molecular weight is 168 g/mol. The predicted molar refractivity (Wildman–Crippen MR) is 55.3 cm³/mol. The van der Waals surface area contributed by atoms with Crippen molar-refractivity contribution in [1.82, 2.24) is 0 Å². The van der Waals surface area contributed by atoms with Gasteiger partial charge in [-0.2, -0.15) is 0 Å². The van der Waals surface area contributed by atoms with E-state index in [1.54, 1.807) is 32.1 Å². The third-order valence-electron chi connectivity index (χ3n) is 3.37. The van der Waals surface area contributed by atoms with Crippen LogP contribution in [0.1, 0.15) is 65.2 Å². The Morgan fingerprint density at radius 3 is 1.50 bits per heavy atom. The molecule has 0 nitrogen and oxygen atoms in total. The van der Waals surface area contributed by atoms with Gasteiger partial charge in [0, 0.05) is 0 Å². The van der Waals surface area contributed by atoms with Crippen LogP contribution in [0.15, 0.2) is 0 Å². The quantitative estimate of drug-likeness (QED) is 0.573. The minimum atomic E-state index is 1.14. The molecule has 0 aromatic rings. The second-order valence-electron chi connectivity index (χ2n) is 4.18. The van der Waals surface area contributed by atoms with Gasteiger partial charge in [-0.15, -0.1) is 0 Å². The lowest BCUT2D eigenvalue weighted by Gasteiger charge is -2.27. The summed E-state index contributed by atoms with van der Waals surface area (Å²) in [5.74, 6) is 2.30. The van der Waals surface area contributed by atoms with Crippen LogP contribution in [-0.4, -0.2) is 0 Å². The summed E-state index contributed by atoms with van der Waals surface area (Å²) in [6.45, 7) is 4.00. The van der Waals surface area contributed by atoms with E-state index in [0.29, 0.717) is 0 Å². The Morgan fingerprint density at radius 1 is 0.750 bits per heavy atom. The van der Waals surface area contributed by atoms with Crippen LogP contribution in [0.2, 0.25) is 0 Å². The summed E-state index contributed by atoms with van der Waals surface area (Å²) in [4.78, 5) is 0. The maximum Gasteiger partial charge on any atom is -0.0412 e. The summed E-state index contributed by atoms with van der Waals surface area (Å²) in [5, 5.41) is 0. The summed E-state index contributed by atoms with van der Waals surface area (Å²) in [7, 11) is 0. The Labute approximate surface area is 77.7 Å². The lowest BCUT2D eigenvalue weighted by Crippen LogP contribution is -2.14. The molecule has 0 radical (unpaired) electrons. The first kappa shape index (κ1) is 10.1. The molecule has 0 unspecified atom stereocenters. The Balaban J connectivity index is 0.000000336. The van der Waals surface area contributed by atoms with Crippen molar-refractivity contribution in [3.63, 3.8) is 0 Å². The highest BCUT2D eigenvalue weighted by Gasteiger charge is 2.23. The van der Waals surface area contributed by atoms with Gasteiger partial charge in [-0.05, 0) is 18.3 Å². The van der Waals surface area contributed by atoms with Crippen molar-refractivity contribution in [2.45, 2.75) is 65.2 Å². The van der Waals surface area contributed by atoms with Crippen LogP contribution in [0.5, 0.6) is 0 Å². The van der Waals surface area contributed by atoms with Gasteiger partial charge in [0.25, 0.3) is 0 Å². The first-order chi connectivity index (χ1) is 5.95. The van der Waals surface area contributed by atoms with Gasteiger partial charge in [-0.1, -0.05) is 58.8 Å². The van der Waals surface area contributed by atoms with Gasteiger partial charge in [0.15, 0.2) is 0 Å². The molecule has 2 rings (SSSR count). The van der Waals surface area contributed by atoms with Gasteiger partial charge >= 0.3 is 0 Å². The SMILES string of the molecule is C1CCC(CC2CCC2)C1.CC. The van der Waals surface area contributed by atoms with Crippen LogP contribution >= 0.6 is 0 Å². The molecular weight excluding hydrogens is 144 g/mol. The van der Waals surface area contributed by atoms with E-state index in [4.69, 9.17) is 0 Å². The fraction of sp³-hybridized carbons (Fsp3) is 1.00. The second kappa shape index (κ2) is 5.61. The normalized spacial score (nSPS) is 24.5. The molecule has 0 N–H and O–H groups in total. The van der Waals surface area contributed by atoms with Crippen molar-refractivity contribution < 1.29 is 0 Å². The molecule has 2 aliphatic rings. The zero-order chi connectivity index (χ0) is 8.81. The summed E-state index contributed by atoms with van der Waals surface area (Å²) in [6, 6.07) is 0. The fourth-order valence-corrected chi connectivity index (χ4v) is 2.45. The maximum absolute atomic E-state index is 2.00. The molecular formula is C12H24. The molecule has 0 saturated heterocycles. The van der Waals surface area contributed by atoms with Gasteiger partial charge in [-0.25, -0.2) is 0 Å².